The third-order valence-corrected chi connectivity index (χ3v) is 5.28. The molecular formula is C15H14I3NO8S. The van der Waals surface area contributed by atoms with Gasteiger partial charge in [-0.2, -0.15) is 8.42 Å². The van der Waals surface area contributed by atoms with Crippen molar-refractivity contribution in [2.75, 3.05) is 0 Å². The molecule has 0 amide bonds. The van der Waals surface area contributed by atoms with Crippen molar-refractivity contribution in [1.82, 2.24) is 0 Å². The molecule has 0 radical (unpaired) electrons. The van der Waals surface area contributed by atoms with Crippen LogP contribution in [0.25, 0.3) is 0 Å². The summed E-state index contributed by atoms with van der Waals surface area (Å²) in [5.41, 5.74) is 0.394. The Labute approximate surface area is 206 Å². The van der Waals surface area contributed by atoms with Gasteiger partial charge in [-0.15, -0.1) is 0 Å². The van der Waals surface area contributed by atoms with Gasteiger partial charge in [0.25, 0.3) is 0 Å². The van der Waals surface area contributed by atoms with E-state index in [1.54, 1.807) is 24.3 Å². The van der Waals surface area contributed by atoms with Crippen molar-refractivity contribution in [3.8, 4) is 17.2 Å². The van der Waals surface area contributed by atoms with Crippen LogP contribution >= 0.6 is 67.8 Å². The van der Waals surface area contributed by atoms with E-state index >= 15 is 0 Å². The number of carbonyl (C=O) groups is 1. The topological polar surface area (TPSA) is 167 Å². The molecule has 0 heterocycles. The van der Waals surface area contributed by atoms with Crippen LogP contribution in [0.3, 0.4) is 0 Å². The Kier molecular flexibility index (Phi) is 8.22. The molecule has 0 fully saturated rings. The van der Waals surface area contributed by atoms with Gasteiger partial charge in [0.15, 0.2) is 5.75 Å². The largest absolute Gasteiger partial charge is 0.507 e. The first kappa shape index (κ1) is 20.8. The van der Waals surface area contributed by atoms with E-state index in [1.807, 2.05) is 67.8 Å². The highest BCUT2D eigenvalue weighted by Gasteiger charge is 2.16. The first-order valence-electron chi connectivity index (χ1n) is 8.29. The number of hydrogen-bond acceptors (Lipinski definition) is 6. The molecular weight excluding hydrogens is 735 g/mol. The van der Waals surface area contributed by atoms with Crippen LogP contribution in [0.2, 0.25) is 2.82 Å². The number of nitrogens with two attached hydrogens (primary N) is 1. The molecule has 0 aromatic heterocycles. The number of aromatic hydroxyl groups is 1. The minimum atomic E-state index is -4.67. The maximum Gasteiger partial charge on any atom is 0.394 e. The van der Waals surface area contributed by atoms with Gasteiger partial charge in [-0.25, -0.2) is 0 Å². The lowest BCUT2D eigenvalue weighted by Gasteiger charge is -2.13. The molecule has 0 saturated carbocycles. The molecule has 2 rings (SSSR count). The first-order valence-corrected chi connectivity index (χ1v) is 11.5. The summed E-state index contributed by atoms with van der Waals surface area (Å²) in [4.78, 5) is 11.3. The zero-order valence-electron chi connectivity index (χ0n) is 16.5. The van der Waals surface area contributed by atoms with Crippen LogP contribution in [0.15, 0.2) is 30.3 Å². The van der Waals surface area contributed by atoms with Crippen LogP contribution in [0.5, 0.6) is 17.2 Å². The lowest BCUT2D eigenvalue weighted by molar-refractivity contribution is -0.138. The molecule has 1 atom stereocenters. The van der Waals surface area contributed by atoms with E-state index in [1.165, 1.54) is 6.07 Å². The van der Waals surface area contributed by atoms with E-state index in [0.29, 0.717) is 27.8 Å². The number of ether oxygens (including phenoxy) is 1. The van der Waals surface area contributed by atoms with Crippen molar-refractivity contribution in [2.24, 2.45) is 5.72 Å². The van der Waals surface area contributed by atoms with Gasteiger partial charge in [0.2, 0.25) is 0 Å². The van der Waals surface area contributed by atoms with Gasteiger partial charge < -0.3 is 20.7 Å². The number of aliphatic carboxylic acids is 1. The van der Waals surface area contributed by atoms with Gasteiger partial charge >= 0.3 is 16.4 Å². The fourth-order valence-corrected chi connectivity index (χ4v) is 4.35. The standard InChI is InChI=1S/C15H12I3NO4.H2O4S/c16-9-6-8(1-2-13(9)20)23-14-10(17)3-7(4-11(14)18)5-12(19)15(21)22;1-5(2,3)4/h1-4,6,12,20H,5,19H2,(H,21,22);(H2,1,2,3,4)/t12-;/m0./s1/i12T;/hT2. The Morgan fingerprint density at radius 2 is 1.71 bits per heavy atom. The highest BCUT2D eigenvalue weighted by atomic mass is 127. The summed E-state index contributed by atoms with van der Waals surface area (Å²) in [6.07, 6.45) is -0.321. The minimum absolute atomic E-state index is 0.113. The second-order valence-corrected chi connectivity index (χ2v) is 9.36. The Morgan fingerprint density at radius 1 is 1.18 bits per heavy atom. The lowest BCUT2D eigenvalue weighted by atomic mass is 10.1. The zero-order chi connectivity index (χ0) is 24.1. The van der Waals surface area contributed by atoms with Crippen molar-refractivity contribution in [3.05, 3.63) is 46.6 Å². The first-order chi connectivity index (χ1) is 14.0. The highest BCUT2D eigenvalue weighted by Crippen LogP contribution is 2.34. The molecule has 0 bridgehead atoms. The van der Waals surface area contributed by atoms with Gasteiger partial charge in [-0.3, -0.25) is 13.9 Å². The molecule has 2 aromatic carbocycles. The highest BCUT2D eigenvalue weighted by molar-refractivity contribution is 14.1. The predicted octanol–water partition coefficient (Wildman–Crippen LogP) is 3.30. The van der Waals surface area contributed by atoms with Gasteiger partial charge in [0, 0.05) is 0 Å². The number of phenolic OH excluding ortho intramolecular Hbond substituents is 1. The van der Waals surface area contributed by atoms with Crippen LogP contribution in [-0.4, -0.2) is 39.7 Å². The van der Waals surface area contributed by atoms with Gasteiger partial charge in [0.05, 0.1) is 12.1 Å². The van der Waals surface area contributed by atoms with Crippen molar-refractivity contribution in [3.63, 3.8) is 0 Å². The molecule has 9 nitrogen and oxygen atoms in total. The molecule has 28 heavy (non-hydrogen) atoms. The van der Waals surface area contributed by atoms with E-state index in [2.05, 4.69) is 0 Å². The summed E-state index contributed by atoms with van der Waals surface area (Å²) >= 11 is 6.08. The predicted molar refractivity (Wildman–Crippen MR) is 126 cm³/mol. The molecule has 0 aliphatic carbocycles. The summed E-state index contributed by atoms with van der Waals surface area (Å²) in [5.74, 6) is -0.296. The van der Waals surface area contributed by atoms with Crippen molar-refractivity contribution in [1.29, 1.82) is 0 Å². The van der Waals surface area contributed by atoms with Gasteiger partial charge in [-0.05, 0) is 110 Å². The van der Waals surface area contributed by atoms with E-state index in [0.717, 1.165) is 0 Å². The molecule has 13 heteroatoms. The second kappa shape index (κ2) is 11.1. The molecule has 0 aliphatic heterocycles. The lowest BCUT2D eigenvalue weighted by Crippen LogP contribution is -2.32. The van der Waals surface area contributed by atoms with Crippen molar-refractivity contribution < 1.29 is 41.5 Å². The Morgan fingerprint density at radius 3 is 2.14 bits per heavy atom. The van der Waals surface area contributed by atoms with Crippen LogP contribution in [0.1, 0.15) is 6.93 Å². The number of halogens is 3. The monoisotopic (exact) mass is 755 g/mol. The Bertz CT molecular complexity index is 1040. The molecule has 6 N–H and O–H groups in total. The van der Waals surface area contributed by atoms with Crippen LogP contribution < -0.4 is 10.5 Å². The maximum absolute atomic E-state index is 11.3. The van der Waals surface area contributed by atoms with Crippen LogP contribution in [-0.2, 0) is 21.6 Å². The number of phenols is 1. The summed E-state index contributed by atoms with van der Waals surface area (Å²) in [5, 5.41) is 18.8. The Hall–Kier alpha value is -0.470. The van der Waals surface area contributed by atoms with E-state index in [4.69, 9.17) is 26.5 Å². The fraction of sp³-hybridized carbons (Fsp3) is 0.133. The van der Waals surface area contributed by atoms with Gasteiger partial charge in [0.1, 0.15) is 20.3 Å². The van der Waals surface area contributed by atoms with Crippen molar-refractivity contribution in [2.45, 2.75) is 12.4 Å². The average Bonchev–Trinajstić information content (AvgIpc) is 2.59. The summed E-state index contributed by atoms with van der Waals surface area (Å²) < 4.78 is 61.8. The number of rotatable bonds is 6. The van der Waals surface area contributed by atoms with Crippen LogP contribution in [0.4, 0.5) is 0 Å². The third kappa shape index (κ3) is 9.35. The summed E-state index contributed by atoms with van der Waals surface area (Å²) in [6, 6.07) is 5.78. The molecule has 0 aliphatic rings. The maximum atomic E-state index is 11.3. The molecule has 0 saturated heterocycles. The summed E-state index contributed by atoms with van der Waals surface area (Å²) in [6.45, 7) is 0. The zero-order valence-corrected chi connectivity index (χ0v) is 20.8. The van der Waals surface area contributed by atoms with Crippen molar-refractivity contribution >= 4 is 84.1 Å². The molecule has 2 aromatic rings. The molecule has 0 unspecified atom stereocenters. The average molecular weight is 755 g/mol. The molecule has 154 valence electrons. The Balaban J connectivity index is 0.000000861. The number of benzene rings is 2. The molecule has 0 spiro atoms. The SMILES string of the molecule is O=S(=O)(O)O.[3H]N([3H])[C@@]([3H])(Cc1cc(I)c(Oc2ccc(O)c(I)c2)c(I)c1)C(=O)O. The number of hydrogen-bond donors (Lipinski definition) is 5. The smallest absolute Gasteiger partial charge is 0.394 e. The van der Waals surface area contributed by atoms with E-state index in [9.17, 15) is 15.0 Å². The second-order valence-electron chi connectivity index (χ2n) is 4.98. The number of carboxylic acid groups (broad SMARTS) is 1. The number of carboxylic acids is 1. The quantitative estimate of drug-likeness (QED) is 0.220. The van der Waals surface area contributed by atoms with Crippen LogP contribution in [0, 0.1) is 10.7 Å². The third-order valence-electron chi connectivity index (χ3n) is 2.82. The van der Waals surface area contributed by atoms with E-state index < -0.39 is 22.4 Å². The summed E-state index contributed by atoms with van der Waals surface area (Å²) in [7, 11) is -4.67. The normalized spacial score (nSPS) is 14.7. The van der Waals surface area contributed by atoms with E-state index in [-0.39, 0.29) is 17.9 Å². The fourth-order valence-electron chi connectivity index (χ4n) is 1.75. The van der Waals surface area contributed by atoms with Gasteiger partial charge in [-0.1, -0.05) is 0 Å². The minimum Gasteiger partial charge on any atom is -0.507 e.